The lowest BCUT2D eigenvalue weighted by Gasteiger charge is -2.37. The van der Waals surface area contributed by atoms with Gasteiger partial charge in [0.15, 0.2) is 17.2 Å². The maximum atomic E-state index is 12.3. The third-order valence-corrected chi connectivity index (χ3v) is 3.56. The van der Waals surface area contributed by atoms with Gasteiger partial charge in [-0.1, -0.05) is 0 Å². The fourth-order valence-electron chi connectivity index (χ4n) is 2.14. The largest absolute Gasteiger partial charge is 0.760 e. The van der Waals surface area contributed by atoms with Gasteiger partial charge in [-0.15, -0.1) is 0 Å². The van der Waals surface area contributed by atoms with Gasteiger partial charge in [0, 0.05) is 42.5 Å². The zero-order valence-electron chi connectivity index (χ0n) is 12.8. The number of aromatic hydroxyl groups is 3. The molecule has 5 N–H and O–H groups in total. The van der Waals surface area contributed by atoms with Crippen LogP contribution in [-0.4, -0.2) is 72.5 Å². The summed E-state index contributed by atoms with van der Waals surface area (Å²) >= 11 is -2.36. The molecule has 2 atom stereocenters. The molecule has 0 radical (unpaired) electrons. The van der Waals surface area contributed by atoms with Crippen molar-refractivity contribution in [2.45, 2.75) is 13.0 Å². The summed E-state index contributed by atoms with van der Waals surface area (Å²) in [6, 6.07) is 2.60. The van der Waals surface area contributed by atoms with E-state index in [2.05, 4.69) is 10.0 Å². The molecule has 9 nitrogen and oxygen atoms in total. The van der Waals surface area contributed by atoms with Crippen molar-refractivity contribution in [3.8, 4) is 17.2 Å². The number of likely N-dealkylation sites (N-methyl/N-ethyl adjacent to an activating group) is 1. The molecule has 2 rings (SSSR count). The number of rotatable bonds is 1. The van der Waals surface area contributed by atoms with E-state index in [4.69, 9.17) is 8.76 Å². The number of hydrogen-bond donors (Lipinski definition) is 4. The number of carbonyl (C=O) groups is 1. The first-order valence-electron chi connectivity index (χ1n) is 6.71. The van der Waals surface area contributed by atoms with Crippen LogP contribution >= 0.6 is 0 Å². The number of nitrogens with two attached hydrogens (primary N) is 1. The fourth-order valence-corrected chi connectivity index (χ4v) is 2.14. The number of benzene rings is 1. The quantitative estimate of drug-likeness (QED) is 0.388. The lowest BCUT2D eigenvalue weighted by atomic mass is 10.1. The molecule has 2 unspecified atom stereocenters. The number of phenols is 3. The molecule has 1 fully saturated rings. The first kappa shape index (κ1) is 19.2. The van der Waals surface area contributed by atoms with Crippen LogP contribution in [0, 0.1) is 0 Å². The molecule has 1 heterocycles. The Morgan fingerprint density at radius 2 is 1.78 bits per heavy atom. The Hall–Kier alpha value is -1.88. The van der Waals surface area contributed by atoms with Gasteiger partial charge in [-0.05, 0) is 26.1 Å². The third-order valence-electron chi connectivity index (χ3n) is 3.56. The lowest BCUT2D eigenvalue weighted by molar-refractivity contribution is 0.0571. The van der Waals surface area contributed by atoms with Crippen LogP contribution in [0.15, 0.2) is 12.1 Å². The van der Waals surface area contributed by atoms with E-state index in [1.807, 2.05) is 14.0 Å². The smallest absolute Gasteiger partial charge is 0.254 e. The van der Waals surface area contributed by atoms with E-state index >= 15 is 0 Å². The molecule has 0 bridgehead atoms. The van der Waals surface area contributed by atoms with Crippen LogP contribution in [0.3, 0.4) is 0 Å². The Morgan fingerprint density at radius 1 is 1.30 bits per heavy atom. The first-order chi connectivity index (χ1) is 10.6. The second kappa shape index (κ2) is 8.11. The molecule has 1 saturated heterocycles. The molecule has 23 heavy (non-hydrogen) atoms. The van der Waals surface area contributed by atoms with E-state index in [9.17, 15) is 20.1 Å². The molecule has 1 aromatic carbocycles. The minimum Gasteiger partial charge on any atom is -0.760 e. The molecule has 1 aromatic rings. The summed E-state index contributed by atoms with van der Waals surface area (Å²) in [6.07, 6.45) is 0. The summed E-state index contributed by atoms with van der Waals surface area (Å²) in [6.45, 7) is 4.01. The number of piperazine rings is 1. The molecular formula is C13H20N3O6S-. The number of nitrogens with zero attached hydrogens (tertiary/aromatic N) is 2. The van der Waals surface area contributed by atoms with Crippen molar-refractivity contribution in [1.29, 1.82) is 0 Å². The van der Waals surface area contributed by atoms with Crippen molar-refractivity contribution in [3.05, 3.63) is 17.7 Å². The first-order valence-corrected chi connectivity index (χ1v) is 7.85. The molecule has 0 saturated carbocycles. The van der Waals surface area contributed by atoms with E-state index in [1.165, 1.54) is 12.1 Å². The average molecular weight is 346 g/mol. The van der Waals surface area contributed by atoms with Gasteiger partial charge in [0.2, 0.25) is 0 Å². The van der Waals surface area contributed by atoms with Crippen molar-refractivity contribution >= 4 is 17.2 Å². The molecule has 130 valence electrons. The minimum atomic E-state index is -2.36. The topological polar surface area (TPSA) is 150 Å². The maximum Gasteiger partial charge on any atom is 0.254 e. The van der Waals surface area contributed by atoms with Gasteiger partial charge in [-0.3, -0.25) is 14.1 Å². The monoisotopic (exact) mass is 346 g/mol. The van der Waals surface area contributed by atoms with Gasteiger partial charge >= 0.3 is 0 Å². The standard InChI is InChI=1S/C13H18N2O4.H3NO2S/c1-8-7-15(4-3-14(8)2)13(19)9-5-10(16)12(18)11(17)6-9;1-4(2)3/h5-6,8,16-18H,3-4,7H2,1-2H3;1H2,(H,2,3)/p-1. The van der Waals surface area contributed by atoms with Gasteiger partial charge in [0.05, 0.1) is 0 Å². The molecule has 1 amide bonds. The predicted molar refractivity (Wildman–Crippen MR) is 82.5 cm³/mol. The van der Waals surface area contributed by atoms with Crippen molar-refractivity contribution < 1.29 is 28.9 Å². The third kappa shape index (κ3) is 5.36. The SMILES string of the molecule is CC1CN(C(=O)c2cc(O)c(O)c(O)c2)CCN1C.NS(=O)[O-]. The van der Waals surface area contributed by atoms with E-state index in [1.54, 1.807) is 4.90 Å². The Balaban J connectivity index is 0.000000593. The summed E-state index contributed by atoms with van der Waals surface area (Å²) in [5, 5.41) is 32.2. The summed E-state index contributed by atoms with van der Waals surface area (Å²) in [4.78, 5) is 16.1. The summed E-state index contributed by atoms with van der Waals surface area (Å²) in [5.41, 5.74) is 0.171. The molecule has 0 aliphatic carbocycles. The van der Waals surface area contributed by atoms with E-state index < -0.39 is 28.5 Å². The van der Waals surface area contributed by atoms with Crippen LogP contribution in [0.25, 0.3) is 0 Å². The average Bonchev–Trinajstić information content (AvgIpc) is 2.45. The normalized spacial score (nSPS) is 19.7. The zero-order valence-corrected chi connectivity index (χ0v) is 13.6. The van der Waals surface area contributed by atoms with Crippen LogP contribution in [0.4, 0.5) is 0 Å². The Labute approximate surface area is 136 Å². The highest BCUT2D eigenvalue weighted by molar-refractivity contribution is 7.76. The number of carbonyl (C=O) groups excluding carboxylic acids is 1. The number of phenolic OH excluding ortho intramolecular Hbond substituents is 3. The van der Waals surface area contributed by atoms with Crippen molar-refractivity contribution in [2.75, 3.05) is 26.7 Å². The minimum absolute atomic E-state index is 0.171. The molecular weight excluding hydrogens is 326 g/mol. The van der Waals surface area contributed by atoms with Gasteiger partial charge in [0.1, 0.15) is 0 Å². The summed E-state index contributed by atoms with van der Waals surface area (Å²) < 4.78 is 17.6. The van der Waals surface area contributed by atoms with Gasteiger partial charge in [-0.25, -0.2) is 0 Å². The molecule has 10 heteroatoms. The Bertz CT molecular complexity index is 570. The van der Waals surface area contributed by atoms with Gasteiger partial charge in [0.25, 0.3) is 5.91 Å². The fraction of sp³-hybridized carbons (Fsp3) is 0.462. The van der Waals surface area contributed by atoms with Gasteiger partial charge in [-0.2, -0.15) is 0 Å². The number of hydrogen-bond acceptors (Lipinski definition) is 7. The van der Waals surface area contributed by atoms with Crippen LogP contribution < -0.4 is 5.14 Å². The van der Waals surface area contributed by atoms with Crippen LogP contribution in [0.5, 0.6) is 17.2 Å². The second-order valence-corrected chi connectivity index (χ2v) is 5.73. The number of amides is 1. The van der Waals surface area contributed by atoms with Crippen LogP contribution in [0.1, 0.15) is 17.3 Å². The van der Waals surface area contributed by atoms with Crippen LogP contribution in [-0.2, 0) is 11.3 Å². The summed E-state index contributed by atoms with van der Waals surface area (Å²) in [5.74, 6) is -1.86. The second-order valence-electron chi connectivity index (χ2n) is 5.20. The van der Waals surface area contributed by atoms with Crippen molar-refractivity contribution in [3.63, 3.8) is 0 Å². The summed E-state index contributed by atoms with van der Waals surface area (Å²) in [7, 11) is 2.00. The molecule has 1 aliphatic rings. The molecule has 0 aromatic heterocycles. The van der Waals surface area contributed by atoms with E-state index in [-0.39, 0.29) is 17.5 Å². The van der Waals surface area contributed by atoms with Gasteiger partial charge < -0.3 is 29.7 Å². The lowest BCUT2D eigenvalue weighted by Crippen LogP contribution is -2.52. The van der Waals surface area contributed by atoms with Crippen LogP contribution in [0.2, 0.25) is 0 Å². The predicted octanol–water partition coefficient (Wildman–Crippen LogP) is -0.681. The Kier molecular flexibility index (Phi) is 6.76. The van der Waals surface area contributed by atoms with Crippen molar-refractivity contribution in [1.82, 2.24) is 9.80 Å². The Morgan fingerprint density at radius 3 is 2.22 bits per heavy atom. The molecule has 1 aliphatic heterocycles. The van der Waals surface area contributed by atoms with Crippen molar-refractivity contribution in [2.24, 2.45) is 5.14 Å². The zero-order chi connectivity index (χ0) is 17.7. The van der Waals surface area contributed by atoms with E-state index in [0.717, 1.165) is 6.54 Å². The maximum absolute atomic E-state index is 12.3. The highest BCUT2D eigenvalue weighted by Gasteiger charge is 2.26. The highest BCUT2D eigenvalue weighted by atomic mass is 32.2. The van der Waals surface area contributed by atoms with E-state index in [0.29, 0.717) is 13.1 Å². The molecule has 0 spiro atoms. The highest BCUT2D eigenvalue weighted by Crippen LogP contribution is 2.35.